The summed E-state index contributed by atoms with van der Waals surface area (Å²) in [4.78, 5) is 23.4. The summed E-state index contributed by atoms with van der Waals surface area (Å²) in [7, 11) is 1.63. The Kier molecular flexibility index (Phi) is 54.9. The van der Waals surface area contributed by atoms with Gasteiger partial charge >= 0.3 is 7.82 Å². The highest BCUT2D eigenvalue weighted by Crippen LogP contribution is 2.43. The van der Waals surface area contributed by atoms with Crippen molar-refractivity contribution < 1.29 is 32.9 Å². The Bertz CT molecular complexity index is 1240. The third-order valence-corrected chi connectivity index (χ3v) is 15.9. The van der Waals surface area contributed by atoms with Crippen molar-refractivity contribution in [2.45, 2.75) is 341 Å². The second kappa shape index (κ2) is 55.7. The van der Waals surface area contributed by atoms with Crippen molar-refractivity contribution in [3.05, 3.63) is 24.3 Å². The lowest BCUT2D eigenvalue weighted by Crippen LogP contribution is -2.46. The van der Waals surface area contributed by atoms with Crippen molar-refractivity contribution in [3.63, 3.8) is 0 Å². The van der Waals surface area contributed by atoms with Gasteiger partial charge < -0.3 is 19.8 Å². The zero-order valence-corrected chi connectivity index (χ0v) is 50.5. The van der Waals surface area contributed by atoms with Crippen LogP contribution in [0, 0.1) is 0 Å². The standard InChI is InChI=1S/C64H127N2O6P/c1-6-8-10-12-14-16-18-20-22-24-26-28-30-32-34-35-37-39-41-43-45-47-49-51-53-55-57-63(67)62(61-72-73(69,70)71-60-59-66(3,4)5)65-64(68)58-56-54-52-50-48-46-44-42-40-38-36-33-31-29-27-25-23-21-19-17-15-13-11-9-7-2/h19,21,25,27,62-63,67H,6-18,20,22-24,26,28-61H2,1-5H3,(H-,65,68,69,70)/p+1/b21-19-,27-25-. The molecular formula is C64H128N2O6P+. The summed E-state index contributed by atoms with van der Waals surface area (Å²) in [6.45, 7) is 4.93. The number of phosphoric ester groups is 1. The molecule has 0 bridgehead atoms. The van der Waals surface area contributed by atoms with Crippen molar-refractivity contribution in [2.75, 3.05) is 40.9 Å². The van der Waals surface area contributed by atoms with Gasteiger partial charge in [-0.15, -0.1) is 0 Å². The maximum Gasteiger partial charge on any atom is 0.472 e. The van der Waals surface area contributed by atoms with Crippen LogP contribution in [0.4, 0.5) is 0 Å². The second-order valence-electron chi connectivity index (χ2n) is 23.5. The molecule has 0 aromatic carbocycles. The Morgan fingerprint density at radius 1 is 0.466 bits per heavy atom. The van der Waals surface area contributed by atoms with E-state index in [1.807, 2.05) is 21.1 Å². The van der Waals surface area contributed by atoms with Crippen LogP contribution >= 0.6 is 7.82 Å². The molecule has 0 radical (unpaired) electrons. The predicted octanol–water partition coefficient (Wildman–Crippen LogP) is 19.9. The molecule has 0 aromatic rings. The van der Waals surface area contributed by atoms with Gasteiger partial charge in [0, 0.05) is 6.42 Å². The number of aliphatic hydroxyl groups is 1. The van der Waals surface area contributed by atoms with E-state index in [9.17, 15) is 19.4 Å². The number of unbranched alkanes of at least 4 members (excludes halogenated alkanes) is 43. The quantitative estimate of drug-likeness (QED) is 0.0243. The molecule has 0 saturated heterocycles. The van der Waals surface area contributed by atoms with E-state index in [0.29, 0.717) is 23.9 Å². The molecule has 434 valence electrons. The summed E-state index contributed by atoms with van der Waals surface area (Å²) in [6.07, 6.45) is 71.1. The predicted molar refractivity (Wildman–Crippen MR) is 318 cm³/mol. The molecule has 0 aliphatic rings. The van der Waals surface area contributed by atoms with Crippen molar-refractivity contribution in [1.29, 1.82) is 0 Å². The van der Waals surface area contributed by atoms with Gasteiger partial charge in [-0.25, -0.2) is 4.57 Å². The first-order valence-electron chi connectivity index (χ1n) is 32.2. The van der Waals surface area contributed by atoms with Crippen LogP contribution in [0.15, 0.2) is 24.3 Å². The van der Waals surface area contributed by atoms with Gasteiger partial charge in [0.15, 0.2) is 0 Å². The summed E-state index contributed by atoms with van der Waals surface area (Å²) in [6, 6.07) is -0.761. The van der Waals surface area contributed by atoms with Crippen LogP contribution in [0.2, 0.25) is 0 Å². The number of nitrogens with zero attached hydrogens (tertiary/aromatic N) is 1. The number of rotatable bonds is 60. The Morgan fingerprint density at radius 3 is 1.12 bits per heavy atom. The lowest BCUT2D eigenvalue weighted by molar-refractivity contribution is -0.870. The van der Waals surface area contributed by atoms with E-state index < -0.39 is 20.0 Å². The monoisotopic (exact) mass is 1050 g/mol. The molecule has 73 heavy (non-hydrogen) atoms. The molecule has 3 unspecified atom stereocenters. The van der Waals surface area contributed by atoms with Gasteiger partial charge in [0.05, 0.1) is 39.9 Å². The van der Waals surface area contributed by atoms with Crippen LogP contribution in [-0.2, 0) is 18.4 Å². The van der Waals surface area contributed by atoms with Crippen LogP contribution in [0.3, 0.4) is 0 Å². The van der Waals surface area contributed by atoms with Gasteiger partial charge in [0.1, 0.15) is 13.2 Å². The van der Waals surface area contributed by atoms with Gasteiger partial charge in [-0.1, -0.05) is 301 Å². The van der Waals surface area contributed by atoms with Crippen molar-refractivity contribution in [1.82, 2.24) is 5.32 Å². The van der Waals surface area contributed by atoms with Gasteiger partial charge in [0.2, 0.25) is 5.91 Å². The molecule has 0 spiro atoms. The summed E-state index contributed by atoms with van der Waals surface area (Å²) in [5.74, 6) is -0.139. The van der Waals surface area contributed by atoms with E-state index in [1.165, 1.54) is 257 Å². The first-order chi connectivity index (χ1) is 35.5. The van der Waals surface area contributed by atoms with Crippen LogP contribution in [0.25, 0.3) is 0 Å². The maximum atomic E-state index is 13.0. The van der Waals surface area contributed by atoms with E-state index in [1.54, 1.807) is 0 Å². The number of allylic oxidation sites excluding steroid dienone is 4. The van der Waals surface area contributed by atoms with E-state index in [4.69, 9.17) is 9.05 Å². The van der Waals surface area contributed by atoms with Crippen LogP contribution in [-0.4, -0.2) is 73.4 Å². The highest BCUT2D eigenvalue weighted by atomic mass is 31.2. The number of amides is 1. The van der Waals surface area contributed by atoms with Crippen LogP contribution in [0.5, 0.6) is 0 Å². The molecule has 0 fully saturated rings. The molecule has 0 aliphatic carbocycles. The minimum Gasteiger partial charge on any atom is -0.391 e. The molecule has 0 rings (SSSR count). The number of phosphoric acid groups is 1. The number of carbonyl (C=O) groups is 1. The average molecular weight is 1050 g/mol. The zero-order valence-electron chi connectivity index (χ0n) is 49.7. The second-order valence-corrected chi connectivity index (χ2v) is 25.0. The largest absolute Gasteiger partial charge is 0.472 e. The third-order valence-electron chi connectivity index (χ3n) is 15.0. The van der Waals surface area contributed by atoms with Gasteiger partial charge in [-0.05, 0) is 44.9 Å². The molecule has 1 amide bonds. The number of hydrogen-bond acceptors (Lipinski definition) is 5. The highest BCUT2D eigenvalue weighted by Gasteiger charge is 2.28. The minimum absolute atomic E-state index is 0.0764. The first-order valence-corrected chi connectivity index (χ1v) is 33.7. The molecule has 0 aliphatic heterocycles. The molecule has 8 nitrogen and oxygen atoms in total. The van der Waals surface area contributed by atoms with Gasteiger partial charge in [-0.2, -0.15) is 0 Å². The normalized spacial score (nSPS) is 13.9. The summed E-state index contributed by atoms with van der Waals surface area (Å²) in [5.41, 5.74) is 0. The fraction of sp³-hybridized carbons (Fsp3) is 0.922. The lowest BCUT2D eigenvalue weighted by atomic mass is 10.0. The Morgan fingerprint density at radius 2 is 0.781 bits per heavy atom. The lowest BCUT2D eigenvalue weighted by Gasteiger charge is -2.26. The van der Waals surface area contributed by atoms with Crippen molar-refractivity contribution in [3.8, 4) is 0 Å². The molecule has 9 heteroatoms. The Hall–Kier alpha value is -1.02. The Labute approximate surface area is 455 Å². The van der Waals surface area contributed by atoms with Crippen LogP contribution < -0.4 is 5.32 Å². The molecule has 0 heterocycles. The van der Waals surface area contributed by atoms with E-state index >= 15 is 0 Å². The summed E-state index contributed by atoms with van der Waals surface area (Å²) in [5, 5.41) is 14.1. The number of nitrogens with one attached hydrogen (secondary N) is 1. The highest BCUT2D eigenvalue weighted by molar-refractivity contribution is 7.47. The van der Waals surface area contributed by atoms with E-state index in [0.717, 1.165) is 44.9 Å². The van der Waals surface area contributed by atoms with E-state index in [2.05, 4.69) is 43.5 Å². The molecular weight excluding hydrogens is 924 g/mol. The van der Waals surface area contributed by atoms with Gasteiger partial charge in [-0.3, -0.25) is 13.8 Å². The van der Waals surface area contributed by atoms with Crippen molar-refractivity contribution >= 4 is 13.7 Å². The van der Waals surface area contributed by atoms with Crippen LogP contribution in [0.1, 0.15) is 328 Å². The first kappa shape index (κ1) is 72.0. The maximum absolute atomic E-state index is 13.0. The fourth-order valence-corrected chi connectivity index (χ4v) is 10.6. The number of quaternary nitrogens is 1. The zero-order chi connectivity index (χ0) is 53.5. The number of aliphatic hydroxyl groups excluding tert-OH is 1. The van der Waals surface area contributed by atoms with Crippen molar-refractivity contribution in [2.24, 2.45) is 0 Å². The third kappa shape index (κ3) is 58.5. The van der Waals surface area contributed by atoms with E-state index in [-0.39, 0.29) is 19.1 Å². The SMILES string of the molecule is CCCCCCC/C=C\C/C=C\CCCCCCCCCCCCCCCC(=O)NC(COP(=O)(O)OCC[N+](C)(C)C)C(O)CCCCCCCCCCCCCCCCCCCCCCCCCCCC. The molecule has 3 atom stereocenters. The molecule has 0 saturated carbocycles. The van der Waals surface area contributed by atoms with Gasteiger partial charge in [0.25, 0.3) is 0 Å². The smallest absolute Gasteiger partial charge is 0.391 e. The number of carbonyl (C=O) groups excluding carboxylic acids is 1. The molecule has 0 aromatic heterocycles. The average Bonchev–Trinajstić information content (AvgIpc) is 3.35. The molecule has 3 N–H and O–H groups in total. The number of hydrogen-bond donors (Lipinski definition) is 3. The Balaban J connectivity index is 4.08. The fourth-order valence-electron chi connectivity index (χ4n) is 9.90. The summed E-state index contributed by atoms with van der Waals surface area (Å²) < 4.78 is 23.9. The topological polar surface area (TPSA) is 105 Å². The number of likely N-dealkylation sites (N-methyl/N-ethyl adjacent to an activating group) is 1. The minimum atomic E-state index is -4.33. The summed E-state index contributed by atoms with van der Waals surface area (Å²) >= 11 is 0.